The number of piperidine rings is 1. The van der Waals surface area contributed by atoms with Crippen LogP contribution in [0.4, 0.5) is 0 Å². The molecule has 1 aliphatic heterocycles. The Morgan fingerprint density at radius 3 is 2.80 bits per heavy atom. The minimum atomic E-state index is -0.000370. The second-order valence-corrected chi connectivity index (χ2v) is 8.26. The van der Waals surface area contributed by atoms with Crippen LogP contribution in [0.3, 0.4) is 0 Å². The lowest BCUT2D eigenvalue weighted by Gasteiger charge is -2.35. The van der Waals surface area contributed by atoms with E-state index >= 15 is 0 Å². The van der Waals surface area contributed by atoms with Crippen molar-refractivity contribution in [3.63, 3.8) is 0 Å². The molecule has 2 fully saturated rings. The molecule has 0 radical (unpaired) electrons. The van der Waals surface area contributed by atoms with Gasteiger partial charge in [-0.25, -0.2) is 4.98 Å². The van der Waals surface area contributed by atoms with Crippen molar-refractivity contribution in [3.05, 3.63) is 16.1 Å². The van der Waals surface area contributed by atoms with Crippen LogP contribution in [-0.4, -0.2) is 41.3 Å². The van der Waals surface area contributed by atoms with Crippen LogP contribution in [0.15, 0.2) is 5.38 Å². The van der Waals surface area contributed by atoms with E-state index in [0.29, 0.717) is 18.4 Å². The molecule has 1 N–H and O–H groups in total. The molecule has 6 heteroatoms. The third-order valence-corrected chi connectivity index (χ3v) is 6.42. The van der Waals surface area contributed by atoms with Gasteiger partial charge in [0, 0.05) is 50.2 Å². The van der Waals surface area contributed by atoms with Gasteiger partial charge in [-0.2, -0.15) is 0 Å². The fourth-order valence-electron chi connectivity index (χ4n) is 3.98. The maximum atomic E-state index is 12.8. The lowest BCUT2D eigenvalue weighted by molar-refractivity contribution is -0.137. The van der Waals surface area contributed by atoms with Gasteiger partial charge < -0.3 is 10.2 Å². The van der Waals surface area contributed by atoms with Crippen LogP contribution in [0, 0.1) is 5.92 Å². The average molecular weight is 364 g/mol. The fraction of sp³-hybridized carbons (Fsp3) is 0.737. The first-order valence-corrected chi connectivity index (χ1v) is 10.5. The Hall–Kier alpha value is -1.43. The van der Waals surface area contributed by atoms with Crippen molar-refractivity contribution in [3.8, 4) is 0 Å². The highest BCUT2D eigenvalue weighted by Crippen LogP contribution is 2.32. The summed E-state index contributed by atoms with van der Waals surface area (Å²) in [6.45, 7) is 3.91. The molecule has 138 valence electrons. The molecule has 1 atom stereocenters. The van der Waals surface area contributed by atoms with Crippen molar-refractivity contribution >= 4 is 23.2 Å². The number of carbonyl (C=O) groups excluding carboxylic acids is 2. The highest BCUT2D eigenvalue weighted by molar-refractivity contribution is 7.09. The summed E-state index contributed by atoms with van der Waals surface area (Å²) < 4.78 is 0. The van der Waals surface area contributed by atoms with Crippen molar-refractivity contribution in [2.45, 2.75) is 64.2 Å². The minimum Gasteiger partial charge on any atom is -0.356 e. The van der Waals surface area contributed by atoms with Gasteiger partial charge in [-0.3, -0.25) is 9.59 Å². The molecule has 1 aliphatic carbocycles. The van der Waals surface area contributed by atoms with Gasteiger partial charge in [0.25, 0.3) is 0 Å². The molecule has 1 aromatic heterocycles. The third-order valence-electron chi connectivity index (χ3n) is 5.36. The Morgan fingerprint density at radius 2 is 2.04 bits per heavy atom. The second kappa shape index (κ2) is 8.79. The van der Waals surface area contributed by atoms with E-state index in [4.69, 9.17) is 4.98 Å². The van der Waals surface area contributed by atoms with Crippen LogP contribution in [0.25, 0.3) is 0 Å². The molecule has 1 saturated carbocycles. The Bertz CT molecular complexity index is 595. The van der Waals surface area contributed by atoms with Gasteiger partial charge >= 0.3 is 0 Å². The smallest absolute Gasteiger partial charge is 0.225 e. The van der Waals surface area contributed by atoms with Crippen LogP contribution in [0.2, 0.25) is 0 Å². The summed E-state index contributed by atoms with van der Waals surface area (Å²) in [7, 11) is 0. The van der Waals surface area contributed by atoms with E-state index in [9.17, 15) is 9.59 Å². The van der Waals surface area contributed by atoms with Crippen molar-refractivity contribution in [1.82, 2.24) is 15.2 Å². The summed E-state index contributed by atoms with van der Waals surface area (Å²) in [4.78, 5) is 30.6. The molecule has 3 rings (SSSR count). The quantitative estimate of drug-likeness (QED) is 0.874. The predicted molar refractivity (Wildman–Crippen MR) is 99.6 cm³/mol. The number of thiazole rings is 1. The summed E-state index contributed by atoms with van der Waals surface area (Å²) in [6, 6.07) is 0. The lowest BCUT2D eigenvalue weighted by atomic mass is 9.87. The second-order valence-electron chi connectivity index (χ2n) is 7.37. The molecule has 5 nitrogen and oxygen atoms in total. The van der Waals surface area contributed by atoms with E-state index in [1.807, 2.05) is 0 Å². The highest BCUT2D eigenvalue weighted by atomic mass is 32.1. The van der Waals surface area contributed by atoms with E-state index in [0.717, 1.165) is 55.9 Å². The van der Waals surface area contributed by atoms with Crippen LogP contribution >= 0.6 is 11.3 Å². The molecule has 25 heavy (non-hydrogen) atoms. The first-order chi connectivity index (χ1) is 12.1. The number of nitrogens with one attached hydrogen (secondary N) is 1. The Morgan fingerprint density at radius 1 is 1.24 bits per heavy atom. The highest BCUT2D eigenvalue weighted by Gasteiger charge is 2.31. The van der Waals surface area contributed by atoms with E-state index in [2.05, 4.69) is 15.6 Å². The topological polar surface area (TPSA) is 62.3 Å². The van der Waals surface area contributed by atoms with Crippen LogP contribution < -0.4 is 5.32 Å². The first-order valence-electron chi connectivity index (χ1n) is 9.61. The van der Waals surface area contributed by atoms with Crippen molar-refractivity contribution in [1.29, 1.82) is 0 Å². The van der Waals surface area contributed by atoms with Crippen molar-refractivity contribution in [2.24, 2.45) is 5.92 Å². The first kappa shape index (κ1) is 18.4. The molecule has 1 saturated heterocycles. The summed E-state index contributed by atoms with van der Waals surface area (Å²) in [5.74, 6) is 1.02. The molecular weight excluding hydrogens is 334 g/mol. The Balaban J connectivity index is 1.55. The van der Waals surface area contributed by atoms with Crippen LogP contribution in [0.5, 0.6) is 0 Å². The van der Waals surface area contributed by atoms with E-state index in [1.165, 1.54) is 26.2 Å². The number of nitrogens with zero attached hydrogens (tertiary/aromatic N) is 2. The van der Waals surface area contributed by atoms with Crippen LogP contribution in [-0.2, 0) is 16.0 Å². The molecule has 0 spiro atoms. The maximum absolute atomic E-state index is 12.8. The number of hydrogen-bond donors (Lipinski definition) is 1. The number of aromatic nitrogens is 1. The lowest BCUT2D eigenvalue weighted by Crippen LogP contribution is -2.42. The average Bonchev–Trinajstić information content (AvgIpc) is 3.10. The van der Waals surface area contributed by atoms with Gasteiger partial charge in [-0.1, -0.05) is 19.3 Å². The summed E-state index contributed by atoms with van der Waals surface area (Å²) in [5, 5.41) is 6.06. The normalized spacial score (nSPS) is 22.0. The van der Waals surface area contributed by atoms with Gasteiger partial charge in [-0.05, 0) is 25.7 Å². The predicted octanol–water partition coefficient (Wildman–Crippen LogP) is 3.11. The van der Waals surface area contributed by atoms with Gasteiger partial charge in [0.15, 0.2) is 0 Å². The van der Waals surface area contributed by atoms with Gasteiger partial charge in [-0.15, -0.1) is 11.3 Å². The molecule has 2 aliphatic rings. The number of hydrogen-bond acceptors (Lipinski definition) is 4. The monoisotopic (exact) mass is 363 g/mol. The van der Waals surface area contributed by atoms with E-state index in [1.54, 1.807) is 11.3 Å². The van der Waals surface area contributed by atoms with Crippen molar-refractivity contribution < 1.29 is 9.59 Å². The zero-order valence-electron chi connectivity index (χ0n) is 15.1. The van der Waals surface area contributed by atoms with Crippen molar-refractivity contribution in [2.75, 3.05) is 19.6 Å². The zero-order valence-corrected chi connectivity index (χ0v) is 15.9. The summed E-state index contributed by atoms with van der Waals surface area (Å²) >= 11 is 1.70. The Kier molecular flexibility index (Phi) is 6.45. The minimum absolute atomic E-state index is 0.000370. The maximum Gasteiger partial charge on any atom is 0.225 e. The molecule has 0 aromatic carbocycles. The molecule has 1 unspecified atom stereocenters. The SMILES string of the molecule is CC(=O)NCCc1csc(C2CCCN(C(=O)C3CCCCC3)C2)n1. The molecule has 0 bridgehead atoms. The van der Waals surface area contributed by atoms with E-state index < -0.39 is 0 Å². The fourth-order valence-corrected chi connectivity index (χ4v) is 4.96. The van der Waals surface area contributed by atoms with Gasteiger partial charge in [0.2, 0.25) is 11.8 Å². The molecule has 2 amide bonds. The Labute approximate surface area is 154 Å². The van der Waals surface area contributed by atoms with Crippen LogP contribution in [0.1, 0.15) is 68.5 Å². The summed E-state index contributed by atoms with van der Waals surface area (Å²) in [5.41, 5.74) is 1.05. The van der Waals surface area contributed by atoms with Gasteiger partial charge in [0.1, 0.15) is 0 Å². The number of amides is 2. The molecular formula is C19H29N3O2S. The summed E-state index contributed by atoms with van der Waals surface area (Å²) in [6.07, 6.45) is 8.81. The zero-order chi connectivity index (χ0) is 17.6. The molecule has 2 heterocycles. The largest absolute Gasteiger partial charge is 0.356 e. The number of likely N-dealkylation sites (tertiary alicyclic amines) is 1. The molecule has 1 aromatic rings. The third kappa shape index (κ3) is 5.03. The number of rotatable bonds is 5. The number of carbonyl (C=O) groups is 2. The standard InChI is InChI=1S/C19H29N3O2S/c1-14(23)20-10-9-17-13-25-18(21-17)16-8-5-11-22(12-16)19(24)15-6-3-2-4-7-15/h13,15-16H,2-12H2,1H3,(H,20,23). The van der Waals surface area contributed by atoms with E-state index in [-0.39, 0.29) is 11.8 Å². The van der Waals surface area contributed by atoms with Gasteiger partial charge in [0.05, 0.1) is 10.7 Å².